The lowest BCUT2D eigenvalue weighted by atomic mass is 9.95. The molecule has 6 rings (SSSR count). The quantitative estimate of drug-likeness (QED) is 0.450. The molecule has 0 aromatic heterocycles. The first-order valence-corrected chi connectivity index (χ1v) is 13.3. The molecule has 0 bridgehead atoms. The highest BCUT2D eigenvalue weighted by atomic mass is 35.5. The number of carbonyl (C=O) groups is 2. The molecule has 1 saturated heterocycles. The summed E-state index contributed by atoms with van der Waals surface area (Å²) in [7, 11) is 1.52. The number of aliphatic imine (C=N–C) groups is 1. The molecule has 3 heterocycles. The molecule has 0 saturated carbocycles. The molecular formula is C29H28ClN3O5. The van der Waals surface area contributed by atoms with E-state index in [4.69, 9.17) is 21.1 Å². The summed E-state index contributed by atoms with van der Waals surface area (Å²) in [4.78, 5) is 34.5. The highest BCUT2D eigenvalue weighted by molar-refractivity contribution is 6.19. The van der Waals surface area contributed by atoms with Crippen LogP contribution in [-0.4, -0.2) is 66.8 Å². The number of carbonyl (C=O) groups excluding carboxylic acids is 2. The van der Waals surface area contributed by atoms with Crippen molar-refractivity contribution >= 4 is 51.8 Å². The van der Waals surface area contributed by atoms with E-state index in [9.17, 15) is 14.7 Å². The number of hydrogen-bond donors (Lipinski definition) is 1. The zero-order valence-corrected chi connectivity index (χ0v) is 21.8. The molecule has 0 unspecified atom stereocenters. The molecule has 38 heavy (non-hydrogen) atoms. The van der Waals surface area contributed by atoms with Gasteiger partial charge in [0.2, 0.25) is 5.91 Å². The van der Waals surface area contributed by atoms with E-state index < -0.39 is 0 Å². The van der Waals surface area contributed by atoms with Gasteiger partial charge >= 0.3 is 0 Å². The summed E-state index contributed by atoms with van der Waals surface area (Å²) >= 11 is 6.30. The molecule has 3 aliphatic heterocycles. The van der Waals surface area contributed by atoms with Gasteiger partial charge < -0.3 is 24.4 Å². The Bertz CT molecular complexity index is 1470. The van der Waals surface area contributed by atoms with Crippen LogP contribution in [0.4, 0.5) is 11.4 Å². The van der Waals surface area contributed by atoms with Crippen LogP contribution >= 0.6 is 11.6 Å². The second kappa shape index (κ2) is 9.83. The van der Waals surface area contributed by atoms with Crippen LogP contribution in [0.5, 0.6) is 17.2 Å². The molecular weight excluding hydrogens is 506 g/mol. The lowest BCUT2D eigenvalue weighted by Crippen LogP contribution is -2.35. The molecule has 1 N–H and O–H groups in total. The van der Waals surface area contributed by atoms with Crippen molar-refractivity contribution in [2.75, 3.05) is 37.6 Å². The molecule has 9 heteroatoms. The number of benzene rings is 3. The maximum absolute atomic E-state index is 13.3. The Kier molecular flexibility index (Phi) is 6.35. The van der Waals surface area contributed by atoms with Gasteiger partial charge in [-0.2, -0.15) is 0 Å². The van der Waals surface area contributed by atoms with Gasteiger partial charge in [-0.25, -0.2) is 0 Å². The Hall–Kier alpha value is -3.78. The lowest BCUT2D eigenvalue weighted by Gasteiger charge is -2.21. The molecule has 2 amide bonds. The van der Waals surface area contributed by atoms with Crippen LogP contribution in [0.1, 0.15) is 41.1 Å². The molecule has 3 aromatic carbocycles. The number of halogens is 1. The molecule has 8 nitrogen and oxygen atoms in total. The van der Waals surface area contributed by atoms with Crippen molar-refractivity contribution < 1.29 is 24.2 Å². The number of methoxy groups -OCH3 is 1. The third-order valence-corrected chi connectivity index (χ3v) is 8.04. The number of phenols is 1. The van der Waals surface area contributed by atoms with Gasteiger partial charge in [0.1, 0.15) is 5.75 Å². The number of nitrogens with zero attached hydrogens (tertiary/aromatic N) is 3. The minimum Gasteiger partial charge on any atom is -0.507 e. The van der Waals surface area contributed by atoms with Crippen molar-refractivity contribution in [2.24, 2.45) is 4.99 Å². The van der Waals surface area contributed by atoms with Gasteiger partial charge in [-0.1, -0.05) is 24.3 Å². The zero-order chi connectivity index (χ0) is 26.4. The summed E-state index contributed by atoms with van der Waals surface area (Å²) in [6.45, 7) is 1.27. The second-order valence-electron chi connectivity index (χ2n) is 9.83. The average molecular weight is 534 g/mol. The molecule has 196 valence electrons. The average Bonchev–Trinajstić information content (AvgIpc) is 3.53. The fourth-order valence-electron chi connectivity index (χ4n) is 5.79. The first-order valence-electron chi connectivity index (χ1n) is 12.8. The van der Waals surface area contributed by atoms with Crippen LogP contribution < -0.4 is 14.4 Å². The van der Waals surface area contributed by atoms with Crippen LogP contribution in [0.3, 0.4) is 0 Å². The minimum absolute atomic E-state index is 0.0135. The Morgan fingerprint density at radius 2 is 2.00 bits per heavy atom. The van der Waals surface area contributed by atoms with Crippen molar-refractivity contribution in [1.82, 2.24) is 4.90 Å². The van der Waals surface area contributed by atoms with Crippen molar-refractivity contribution in [3.8, 4) is 17.2 Å². The molecule has 0 aliphatic carbocycles. The molecule has 0 radical (unpaired) electrons. The van der Waals surface area contributed by atoms with E-state index in [1.807, 2.05) is 35.4 Å². The topological polar surface area (TPSA) is 91.7 Å². The van der Waals surface area contributed by atoms with Gasteiger partial charge in [0.05, 0.1) is 43.1 Å². The fourth-order valence-corrected chi connectivity index (χ4v) is 6.04. The van der Waals surface area contributed by atoms with Gasteiger partial charge in [0, 0.05) is 48.6 Å². The van der Waals surface area contributed by atoms with Crippen LogP contribution in [0.25, 0.3) is 10.8 Å². The highest BCUT2D eigenvalue weighted by Gasteiger charge is 2.35. The fraction of sp³-hybridized carbons (Fsp3) is 0.345. The van der Waals surface area contributed by atoms with Crippen molar-refractivity contribution in [3.63, 3.8) is 0 Å². The first kappa shape index (κ1) is 24.6. The number of fused-ring (bicyclic) bond motifs is 5. The van der Waals surface area contributed by atoms with E-state index >= 15 is 0 Å². The number of aromatic hydroxyl groups is 1. The maximum atomic E-state index is 13.3. The van der Waals surface area contributed by atoms with Crippen molar-refractivity contribution in [2.45, 2.75) is 31.2 Å². The van der Waals surface area contributed by atoms with E-state index in [2.05, 4.69) is 4.99 Å². The molecule has 3 aliphatic rings. The molecule has 2 atom stereocenters. The van der Waals surface area contributed by atoms with Crippen molar-refractivity contribution in [3.05, 3.63) is 53.6 Å². The third kappa shape index (κ3) is 4.04. The van der Waals surface area contributed by atoms with E-state index in [-0.39, 0.29) is 42.6 Å². The van der Waals surface area contributed by atoms with Crippen LogP contribution in [0.15, 0.2) is 47.5 Å². The van der Waals surface area contributed by atoms with Gasteiger partial charge in [-0.15, -0.1) is 11.6 Å². The Labute approximate surface area is 225 Å². The van der Waals surface area contributed by atoms with E-state index in [0.29, 0.717) is 40.9 Å². The smallest absolute Gasteiger partial charge is 0.256 e. The Morgan fingerprint density at radius 1 is 1.18 bits per heavy atom. The van der Waals surface area contributed by atoms with E-state index in [1.165, 1.54) is 7.11 Å². The third-order valence-electron chi connectivity index (χ3n) is 7.66. The summed E-state index contributed by atoms with van der Waals surface area (Å²) in [6.07, 6.45) is 3.81. The summed E-state index contributed by atoms with van der Waals surface area (Å²) in [6, 6.07) is 12.6. The van der Waals surface area contributed by atoms with Gasteiger partial charge in [-0.3, -0.25) is 14.6 Å². The predicted octanol–water partition coefficient (Wildman–Crippen LogP) is 5.01. The maximum Gasteiger partial charge on any atom is 0.256 e. The standard InChI is InChI=1S/C29H28ClN3O5/c1-37-25-11-21-22(31-15-18-5-4-9-32(18)29(21)36)12-26(25)38-10-8-27(35)33-16-17(14-30)28-20-7-3-2-6-19(20)24(34)13-23(28)33/h2-3,6-7,11-13,15,17-18,34H,4-5,8-10,14,16H2,1H3/t17-,18-/m0/s1. The van der Waals surface area contributed by atoms with Gasteiger partial charge in [0.15, 0.2) is 11.5 Å². The zero-order valence-electron chi connectivity index (χ0n) is 21.0. The van der Waals surface area contributed by atoms with Crippen LogP contribution in [0, 0.1) is 0 Å². The lowest BCUT2D eigenvalue weighted by molar-refractivity contribution is -0.119. The van der Waals surface area contributed by atoms with Crippen LogP contribution in [0.2, 0.25) is 0 Å². The monoisotopic (exact) mass is 533 g/mol. The van der Waals surface area contributed by atoms with E-state index in [0.717, 1.165) is 35.7 Å². The number of phenolic OH excluding ortho intramolecular Hbond substituents is 1. The number of hydrogen-bond acceptors (Lipinski definition) is 6. The van der Waals surface area contributed by atoms with Crippen molar-refractivity contribution in [1.29, 1.82) is 0 Å². The van der Waals surface area contributed by atoms with Gasteiger partial charge in [0.25, 0.3) is 5.91 Å². The predicted molar refractivity (Wildman–Crippen MR) is 147 cm³/mol. The summed E-state index contributed by atoms with van der Waals surface area (Å²) in [5.74, 6) is 1.13. The summed E-state index contributed by atoms with van der Waals surface area (Å²) in [5.41, 5.74) is 2.69. The van der Waals surface area contributed by atoms with Crippen LogP contribution in [-0.2, 0) is 4.79 Å². The van der Waals surface area contributed by atoms with E-state index in [1.54, 1.807) is 23.1 Å². The SMILES string of the molecule is COc1cc2c(cc1OCCC(=O)N1C[C@H](CCl)c3c1cc(O)c1ccccc31)N=C[C@@H]1CCCN1C2=O. The number of alkyl halides is 1. The number of anilines is 1. The summed E-state index contributed by atoms with van der Waals surface area (Å²) < 4.78 is 11.5. The Morgan fingerprint density at radius 3 is 2.79 bits per heavy atom. The molecule has 0 spiro atoms. The first-order chi connectivity index (χ1) is 18.5. The normalized spacial score (nSPS) is 19.8. The summed E-state index contributed by atoms with van der Waals surface area (Å²) in [5, 5.41) is 12.3. The minimum atomic E-state index is -0.129. The second-order valence-corrected chi connectivity index (χ2v) is 10.1. The number of amides is 2. The highest BCUT2D eigenvalue weighted by Crippen LogP contribution is 2.45. The Balaban J connectivity index is 1.21. The molecule has 3 aromatic rings. The largest absolute Gasteiger partial charge is 0.507 e. The molecule has 1 fully saturated rings. The van der Waals surface area contributed by atoms with Gasteiger partial charge in [-0.05, 0) is 29.9 Å². The number of rotatable bonds is 6. The number of ether oxygens (including phenoxy) is 2.